The molecule has 12 nitrogen and oxygen atoms in total. The first-order chi connectivity index (χ1) is 24.2. The van der Waals surface area contributed by atoms with Crippen LogP contribution in [0.2, 0.25) is 0 Å². The minimum absolute atomic E-state index is 0.0163. The summed E-state index contributed by atoms with van der Waals surface area (Å²) in [5.41, 5.74) is 9.72. The normalized spacial score (nSPS) is 13.0. The number of rotatable bonds is 14. The van der Waals surface area contributed by atoms with E-state index in [1.807, 2.05) is 30.0 Å². The molecule has 3 amide bonds. The van der Waals surface area contributed by atoms with Crippen molar-refractivity contribution in [2.75, 3.05) is 58.8 Å². The lowest BCUT2D eigenvalue weighted by molar-refractivity contribution is 0.0663. The molecule has 0 saturated carbocycles. The minimum Gasteiger partial charge on any atom is -0.495 e. The van der Waals surface area contributed by atoms with Crippen molar-refractivity contribution in [1.82, 2.24) is 20.1 Å². The van der Waals surface area contributed by atoms with Crippen LogP contribution in [0.3, 0.4) is 0 Å². The first kappa shape index (κ1) is 35.8. The Morgan fingerprint density at radius 2 is 1.64 bits per heavy atom. The average molecular weight is 681 g/mol. The number of nitrogens with two attached hydrogens (primary N) is 1. The lowest BCUT2D eigenvalue weighted by atomic mass is 10.1. The Kier molecular flexibility index (Phi) is 12.4. The zero-order valence-electron chi connectivity index (χ0n) is 28.7. The van der Waals surface area contributed by atoms with Crippen LogP contribution < -0.4 is 30.6 Å². The summed E-state index contributed by atoms with van der Waals surface area (Å²) in [6.45, 7) is 6.37. The third kappa shape index (κ3) is 9.36. The summed E-state index contributed by atoms with van der Waals surface area (Å²) in [5.74, 6) is 0.686. The number of likely N-dealkylation sites (N-methyl/N-ethyl adjacent to an activating group) is 1. The highest BCUT2D eigenvalue weighted by molar-refractivity contribution is 6.07. The molecule has 50 heavy (non-hydrogen) atoms. The maximum Gasteiger partial charge on any atom is 0.259 e. The fourth-order valence-electron chi connectivity index (χ4n) is 5.37. The molecule has 1 aromatic heterocycles. The lowest BCUT2D eigenvalue weighted by Gasteiger charge is -2.32. The van der Waals surface area contributed by atoms with Crippen LogP contribution in [0.4, 0.5) is 5.69 Å². The van der Waals surface area contributed by atoms with Crippen LogP contribution in [0.15, 0.2) is 79.0 Å². The Morgan fingerprint density at radius 1 is 0.860 bits per heavy atom. The predicted octanol–water partition coefficient (Wildman–Crippen LogP) is 4.28. The average Bonchev–Trinajstić information content (AvgIpc) is 3.14. The molecule has 3 aromatic carbocycles. The molecule has 4 N–H and O–H groups in total. The smallest absolute Gasteiger partial charge is 0.259 e. The number of aromatic nitrogens is 1. The van der Waals surface area contributed by atoms with Gasteiger partial charge in [0.1, 0.15) is 23.9 Å². The quantitative estimate of drug-likeness (QED) is 0.166. The molecule has 0 unspecified atom stereocenters. The number of amides is 3. The van der Waals surface area contributed by atoms with Crippen LogP contribution in [0.5, 0.6) is 17.2 Å². The standard InChI is InChI=1S/C38H44N6O6/c1-26-9-10-28(34(21-26)50-25-30-13-11-29(24-40-30)38(47)44-18-16-43(2)17-19-44)23-41-36(45)27-12-14-32(35(22-27)48-3)42-37(46)31-7-4-5-8-33(31)49-20-6-15-39/h4-5,7-14,21-22,24H,6,15-20,23,25,39H2,1-3H3,(H,41,45)(H,42,46). The number of piperazine rings is 1. The number of methoxy groups -OCH3 is 1. The van der Waals surface area contributed by atoms with Crippen molar-refractivity contribution in [3.63, 3.8) is 0 Å². The molecule has 0 atom stereocenters. The molecular formula is C38H44N6O6. The van der Waals surface area contributed by atoms with Gasteiger partial charge < -0.3 is 40.4 Å². The first-order valence-corrected chi connectivity index (χ1v) is 16.6. The van der Waals surface area contributed by atoms with Gasteiger partial charge in [0, 0.05) is 50.0 Å². The maximum atomic E-state index is 13.2. The van der Waals surface area contributed by atoms with E-state index in [-0.39, 0.29) is 30.9 Å². The van der Waals surface area contributed by atoms with E-state index in [9.17, 15) is 14.4 Å². The molecule has 4 aromatic rings. The van der Waals surface area contributed by atoms with Crippen LogP contribution in [-0.2, 0) is 13.2 Å². The minimum atomic E-state index is -0.374. The highest BCUT2D eigenvalue weighted by atomic mass is 16.5. The van der Waals surface area contributed by atoms with Crippen molar-refractivity contribution < 1.29 is 28.6 Å². The zero-order chi connectivity index (χ0) is 35.5. The van der Waals surface area contributed by atoms with E-state index in [1.54, 1.807) is 60.8 Å². The molecular weight excluding hydrogens is 636 g/mol. The summed E-state index contributed by atoms with van der Waals surface area (Å²) in [6.07, 6.45) is 2.26. The fourth-order valence-corrected chi connectivity index (χ4v) is 5.37. The van der Waals surface area contributed by atoms with Crippen LogP contribution in [0.1, 0.15) is 54.3 Å². The van der Waals surface area contributed by atoms with Gasteiger partial charge in [-0.3, -0.25) is 19.4 Å². The Morgan fingerprint density at radius 3 is 2.38 bits per heavy atom. The number of para-hydroxylation sites is 1. The van der Waals surface area contributed by atoms with E-state index < -0.39 is 0 Å². The van der Waals surface area contributed by atoms with Crippen LogP contribution in [0.25, 0.3) is 0 Å². The van der Waals surface area contributed by atoms with E-state index in [0.717, 1.165) is 24.2 Å². The number of hydrogen-bond acceptors (Lipinski definition) is 9. The molecule has 1 aliphatic rings. The second kappa shape index (κ2) is 17.3. The van der Waals surface area contributed by atoms with Gasteiger partial charge in [-0.15, -0.1) is 0 Å². The van der Waals surface area contributed by atoms with E-state index in [0.29, 0.717) is 78.0 Å². The summed E-state index contributed by atoms with van der Waals surface area (Å²) in [6, 6.07) is 21.1. The Bertz CT molecular complexity index is 1790. The number of ether oxygens (including phenoxy) is 3. The number of benzene rings is 3. The third-order valence-electron chi connectivity index (χ3n) is 8.35. The highest BCUT2D eigenvalue weighted by Crippen LogP contribution is 2.28. The lowest BCUT2D eigenvalue weighted by Crippen LogP contribution is -2.47. The van der Waals surface area contributed by atoms with Gasteiger partial charge in [-0.1, -0.05) is 24.3 Å². The Labute approximate surface area is 292 Å². The van der Waals surface area contributed by atoms with Crippen molar-refractivity contribution >= 4 is 23.4 Å². The van der Waals surface area contributed by atoms with Crippen molar-refractivity contribution in [2.24, 2.45) is 5.73 Å². The van der Waals surface area contributed by atoms with Crippen LogP contribution in [0, 0.1) is 6.92 Å². The number of anilines is 1. The topological polar surface area (TPSA) is 148 Å². The second-order valence-corrected chi connectivity index (χ2v) is 12.1. The summed E-state index contributed by atoms with van der Waals surface area (Å²) >= 11 is 0. The van der Waals surface area contributed by atoms with E-state index in [1.165, 1.54) is 7.11 Å². The van der Waals surface area contributed by atoms with Crippen molar-refractivity contribution in [3.8, 4) is 17.2 Å². The summed E-state index contributed by atoms with van der Waals surface area (Å²) in [5, 5.41) is 5.80. The molecule has 12 heteroatoms. The van der Waals surface area contributed by atoms with Gasteiger partial charge in [0.05, 0.1) is 36.2 Å². The largest absolute Gasteiger partial charge is 0.495 e. The second-order valence-electron chi connectivity index (χ2n) is 12.1. The molecule has 5 rings (SSSR count). The zero-order valence-corrected chi connectivity index (χ0v) is 28.7. The SMILES string of the molecule is COc1cc(C(=O)NCc2ccc(C)cc2OCc2ccc(C(=O)N3CCN(C)CC3)cn2)ccc1NC(=O)c1ccccc1OCCCN. The predicted molar refractivity (Wildman–Crippen MR) is 191 cm³/mol. The van der Waals surface area contributed by atoms with Gasteiger partial charge in [-0.25, -0.2) is 0 Å². The van der Waals surface area contributed by atoms with Crippen LogP contribution >= 0.6 is 0 Å². The van der Waals surface area contributed by atoms with E-state index in [4.69, 9.17) is 19.9 Å². The molecule has 0 radical (unpaired) electrons. The molecule has 2 heterocycles. The Balaban J connectivity index is 1.19. The molecule has 0 bridgehead atoms. The summed E-state index contributed by atoms with van der Waals surface area (Å²) in [7, 11) is 3.52. The molecule has 1 aliphatic heterocycles. The molecule has 0 spiro atoms. The van der Waals surface area contributed by atoms with Crippen molar-refractivity contribution in [2.45, 2.75) is 26.5 Å². The summed E-state index contributed by atoms with van der Waals surface area (Å²) in [4.78, 5) is 47.8. The number of carbonyl (C=O) groups is 3. The van der Waals surface area contributed by atoms with Crippen molar-refractivity contribution in [3.05, 3.63) is 113 Å². The van der Waals surface area contributed by atoms with Gasteiger partial charge in [-0.05, 0) is 81.0 Å². The van der Waals surface area contributed by atoms with E-state index >= 15 is 0 Å². The number of pyridine rings is 1. The summed E-state index contributed by atoms with van der Waals surface area (Å²) < 4.78 is 17.4. The molecule has 1 fully saturated rings. The molecule has 0 aliphatic carbocycles. The third-order valence-corrected chi connectivity index (χ3v) is 8.35. The van der Waals surface area contributed by atoms with E-state index in [2.05, 4.69) is 27.6 Å². The van der Waals surface area contributed by atoms with Gasteiger partial charge >= 0.3 is 0 Å². The molecule has 1 saturated heterocycles. The Hall–Kier alpha value is -5.46. The van der Waals surface area contributed by atoms with Crippen molar-refractivity contribution in [1.29, 1.82) is 0 Å². The maximum absolute atomic E-state index is 13.2. The number of aryl methyl sites for hydroxylation is 1. The monoisotopic (exact) mass is 680 g/mol. The molecule has 262 valence electrons. The number of nitrogens with one attached hydrogen (secondary N) is 2. The fraction of sp³-hybridized carbons (Fsp3) is 0.316. The van der Waals surface area contributed by atoms with Gasteiger partial charge in [0.25, 0.3) is 17.7 Å². The first-order valence-electron chi connectivity index (χ1n) is 16.6. The number of hydrogen-bond donors (Lipinski definition) is 3. The van der Waals surface area contributed by atoms with Crippen LogP contribution in [-0.4, -0.2) is 86.0 Å². The highest BCUT2D eigenvalue weighted by Gasteiger charge is 2.21. The number of carbonyl (C=O) groups excluding carboxylic acids is 3. The van der Waals surface area contributed by atoms with Gasteiger partial charge in [-0.2, -0.15) is 0 Å². The van der Waals surface area contributed by atoms with Gasteiger partial charge in [0.2, 0.25) is 0 Å². The number of nitrogens with zero attached hydrogens (tertiary/aromatic N) is 3. The van der Waals surface area contributed by atoms with Gasteiger partial charge in [0.15, 0.2) is 0 Å².